The molecule has 0 spiro atoms. The third-order valence-electron chi connectivity index (χ3n) is 5.02. The molecule has 0 radical (unpaired) electrons. The van der Waals surface area contributed by atoms with Crippen molar-refractivity contribution in [1.29, 1.82) is 0 Å². The minimum atomic E-state index is -0.909. The summed E-state index contributed by atoms with van der Waals surface area (Å²) in [7, 11) is 1.69. The number of carbonyl (C=O) groups excluding carboxylic acids is 2. The average Bonchev–Trinajstić information content (AvgIpc) is 3.23. The van der Waals surface area contributed by atoms with Crippen molar-refractivity contribution in [3.05, 3.63) is 90.0 Å². The summed E-state index contributed by atoms with van der Waals surface area (Å²) in [4.78, 5) is 26.9. The molecule has 0 saturated carbocycles. The second kappa shape index (κ2) is 8.83. The van der Waals surface area contributed by atoms with Gasteiger partial charge in [-0.1, -0.05) is 65.8 Å². The molecule has 0 N–H and O–H groups in total. The Hall–Kier alpha value is -3.93. The average molecular weight is 414 g/mol. The summed E-state index contributed by atoms with van der Waals surface area (Å²) >= 11 is 0. The summed E-state index contributed by atoms with van der Waals surface area (Å²) in [5.74, 6) is -0.263. The van der Waals surface area contributed by atoms with E-state index in [1.165, 1.54) is 0 Å². The summed E-state index contributed by atoms with van der Waals surface area (Å²) in [6.45, 7) is 2.02. The third-order valence-corrected chi connectivity index (χ3v) is 5.02. The first-order valence-corrected chi connectivity index (χ1v) is 9.97. The van der Waals surface area contributed by atoms with Crippen LogP contribution in [0.3, 0.4) is 0 Å². The Morgan fingerprint density at radius 3 is 2.39 bits per heavy atom. The number of carbonyl (C=O) groups is 2. The van der Waals surface area contributed by atoms with Crippen molar-refractivity contribution in [2.45, 2.75) is 19.6 Å². The predicted molar refractivity (Wildman–Crippen MR) is 117 cm³/mol. The van der Waals surface area contributed by atoms with Crippen LogP contribution >= 0.6 is 0 Å². The normalized spacial score (nSPS) is 11.8. The Morgan fingerprint density at radius 2 is 1.68 bits per heavy atom. The van der Waals surface area contributed by atoms with Gasteiger partial charge in [0, 0.05) is 19.2 Å². The SMILES string of the molecule is C[C@H](OC(=O)c1ccc2noc(-c3ccccc3)c2c1)C(=O)N(C)Cc1ccccc1. The van der Waals surface area contributed by atoms with Crippen LogP contribution in [0.4, 0.5) is 0 Å². The second-order valence-electron chi connectivity index (χ2n) is 7.34. The summed E-state index contributed by atoms with van der Waals surface area (Å²) in [5.41, 5.74) is 2.84. The van der Waals surface area contributed by atoms with E-state index in [-0.39, 0.29) is 5.91 Å². The number of nitrogens with zero attached hydrogens (tertiary/aromatic N) is 2. The van der Waals surface area contributed by atoms with Gasteiger partial charge in [0.1, 0.15) is 5.52 Å². The number of fused-ring (bicyclic) bond motifs is 1. The molecule has 0 aliphatic carbocycles. The third kappa shape index (κ3) is 4.48. The van der Waals surface area contributed by atoms with E-state index in [9.17, 15) is 9.59 Å². The first kappa shape index (κ1) is 20.3. The number of likely N-dealkylation sites (N-methyl/N-ethyl adjacent to an activating group) is 1. The molecular weight excluding hydrogens is 392 g/mol. The second-order valence-corrected chi connectivity index (χ2v) is 7.34. The van der Waals surface area contributed by atoms with E-state index in [2.05, 4.69) is 5.16 Å². The van der Waals surface area contributed by atoms with Crippen LogP contribution in [0.2, 0.25) is 0 Å². The Bertz CT molecular complexity index is 1200. The molecule has 0 saturated heterocycles. The van der Waals surface area contributed by atoms with Gasteiger partial charge in [0.05, 0.1) is 10.9 Å². The number of ether oxygens (including phenoxy) is 1. The van der Waals surface area contributed by atoms with E-state index in [0.29, 0.717) is 28.8 Å². The molecular formula is C25H22N2O4. The van der Waals surface area contributed by atoms with Gasteiger partial charge in [-0.25, -0.2) is 4.79 Å². The Morgan fingerprint density at radius 1 is 1.00 bits per heavy atom. The summed E-state index contributed by atoms with van der Waals surface area (Å²) in [6.07, 6.45) is -0.909. The first-order valence-electron chi connectivity index (χ1n) is 9.97. The lowest BCUT2D eigenvalue weighted by atomic mass is 10.1. The fourth-order valence-electron chi connectivity index (χ4n) is 3.39. The molecule has 1 aromatic heterocycles. The van der Waals surface area contributed by atoms with Gasteiger partial charge in [0.25, 0.3) is 5.91 Å². The van der Waals surface area contributed by atoms with Gasteiger partial charge in [-0.2, -0.15) is 0 Å². The molecule has 31 heavy (non-hydrogen) atoms. The highest BCUT2D eigenvalue weighted by Gasteiger charge is 2.23. The molecule has 1 heterocycles. The number of amides is 1. The van der Waals surface area contributed by atoms with Crippen molar-refractivity contribution < 1.29 is 18.8 Å². The van der Waals surface area contributed by atoms with E-state index < -0.39 is 12.1 Å². The number of benzene rings is 3. The van der Waals surface area contributed by atoms with E-state index >= 15 is 0 Å². The Labute approximate surface area is 180 Å². The van der Waals surface area contributed by atoms with Gasteiger partial charge in [-0.05, 0) is 30.7 Å². The minimum Gasteiger partial charge on any atom is -0.449 e. The van der Waals surface area contributed by atoms with Crippen LogP contribution in [0.15, 0.2) is 83.4 Å². The van der Waals surface area contributed by atoms with Gasteiger partial charge in [0.2, 0.25) is 0 Å². The lowest BCUT2D eigenvalue weighted by Crippen LogP contribution is -2.37. The molecule has 0 aliphatic heterocycles. The zero-order chi connectivity index (χ0) is 21.8. The van der Waals surface area contributed by atoms with Gasteiger partial charge in [-0.3, -0.25) is 4.79 Å². The topological polar surface area (TPSA) is 72.6 Å². The van der Waals surface area contributed by atoms with Crippen LogP contribution in [0.1, 0.15) is 22.8 Å². The van der Waals surface area contributed by atoms with Crippen LogP contribution < -0.4 is 0 Å². The molecule has 0 unspecified atom stereocenters. The van der Waals surface area contributed by atoms with E-state index in [1.807, 2.05) is 60.7 Å². The van der Waals surface area contributed by atoms with E-state index in [0.717, 1.165) is 11.1 Å². The van der Waals surface area contributed by atoms with E-state index in [4.69, 9.17) is 9.26 Å². The van der Waals surface area contributed by atoms with Gasteiger partial charge < -0.3 is 14.2 Å². The summed E-state index contributed by atoms with van der Waals surface area (Å²) in [5, 5.41) is 4.77. The highest BCUT2D eigenvalue weighted by Crippen LogP contribution is 2.29. The van der Waals surface area contributed by atoms with Crippen LogP contribution in [0.5, 0.6) is 0 Å². The fraction of sp³-hybridized carbons (Fsp3) is 0.160. The molecule has 6 nitrogen and oxygen atoms in total. The molecule has 1 amide bonds. The van der Waals surface area contributed by atoms with Crippen molar-refractivity contribution in [2.75, 3.05) is 7.05 Å². The van der Waals surface area contributed by atoms with Crippen LogP contribution in [-0.4, -0.2) is 35.1 Å². The standard InChI is InChI=1S/C25H22N2O4/c1-17(24(28)27(2)16-18-9-5-3-6-10-18)30-25(29)20-13-14-22-21(15-20)23(31-26-22)19-11-7-4-8-12-19/h3-15,17H,16H2,1-2H3/t17-/m0/s1. The van der Waals surface area contributed by atoms with Crippen molar-refractivity contribution in [3.63, 3.8) is 0 Å². The molecule has 0 bridgehead atoms. The summed E-state index contributed by atoms with van der Waals surface area (Å²) < 4.78 is 10.9. The van der Waals surface area contributed by atoms with Gasteiger partial charge in [-0.15, -0.1) is 0 Å². The highest BCUT2D eigenvalue weighted by atomic mass is 16.5. The molecule has 4 aromatic rings. The quantitative estimate of drug-likeness (QED) is 0.428. The van der Waals surface area contributed by atoms with Crippen LogP contribution in [0.25, 0.3) is 22.2 Å². The van der Waals surface area contributed by atoms with Crippen molar-refractivity contribution in [2.24, 2.45) is 0 Å². The molecule has 4 rings (SSSR count). The zero-order valence-corrected chi connectivity index (χ0v) is 17.3. The number of esters is 1. The van der Waals surface area contributed by atoms with Gasteiger partial charge >= 0.3 is 5.97 Å². The lowest BCUT2D eigenvalue weighted by Gasteiger charge is -2.21. The molecule has 0 aliphatic rings. The van der Waals surface area contributed by atoms with E-state index in [1.54, 1.807) is 37.1 Å². The smallest absolute Gasteiger partial charge is 0.338 e. The van der Waals surface area contributed by atoms with Crippen LogP contribution in [0, 0.1) is 0 Å². The lowest BCUT2D eigenvalue weighted by molar-refractivity contribution is -0.139. The highest BCUT2D eigenvalue weighted by molar-refractivity contribution is 5.99. The first-order chi connectivity index (χ1) is 15.0. The minimum absolute atomic E-state index is 0.270. The molecule has 6 heteroatoms. The van der Waals surface area contributed by atoms with Crippen molar-refractivity contribution in [1.82, 2.24) is 10.1 Å². The molecule has 1 atom stereocenters. The molecule has 0 fully saturated rings. The van der Waals surface area contributed by atoms with Gasteiger partial charge in [0.15, 0.2) is 11.9 Å². The molecule has 156 valence electrons. The fourth-order valence-corrected chi connectivity index (χ4v) is 3.39. The predicted octanol–water partition coefficient (Wildman–Crippen LogP) is 4.70. The Kier molecular flexibility index (Phi) is 5.80. The number of hydrogen-bond acceptors (Lipinski definition) is 5. The maximum absolute atomic E-state index is 12.7. The van der Waals surface area contributed by atoms with Crippen LogP contribution in [-0.2, 0) is 16.1 Å². The monoisotopic (exact) mass is 414 g/mol. The number of aromatic nitrogens is 1. The number of hydrogen-bond donors (Lipinski definition) is 0. The maximum Gasteiger partial charge on any atom is 0.338 e. The number of rotatable bonds is 6. The maximum atomic E-state index is 12.7. The van der Waals surface area contributed by atoms with Crippen molar-refractivity contribution >= 4 is 22.8 Å². The van der Waals surface area contributed by atoms with Crippen molar-refractivity contribution in [3.8, 4) is 11.3 Å². The zero-order valence-electron chi connectivity index (χ0n) is 17.3. The summed E-state index contributed by atoms with van der Waals surface area (Å²) in [6, 6.07) is 24.2. The molecule has 3 aromatic carbocycles. The largest absolute Gasteiger partial charge is 0.449 e. The Balaban J connectivity index is 1.48.